The summed E-state index contributed by atoms with van der Waals surface area (Å²) in [6.07, 6.45) is 0. The van der Waals surface area contributed by atoms with Gasteiger partial charge in [0.2, 0.25) is 5.60 Å². The molecule has 2 aromatic rings. The molecule has 0 aliphatic rings. The SMILES string of the molecule is CCOC(=O)C(C)(Oc1ccccc1)c1ccccc1. The number of benzene rings is 2. The number of hydrogen-bond donors (Lipinski definition) is 0. The maximum absolute atomic E-state index is 12.3. The zero-order valence-corrected chi connectivity index (χ0v) is 11.7. The number of para-hydroxylation sites is 1. The first-order valence-electron chi connectivity index (χ1n) is 6.63. The van der Waals surface area contributed by atoms with Crippen LogP contribution in [0.1, 0.15) is 19.4 Å². The van der Waals surface area contributed by atoms with Crippen molar-refractivity contribution in [1.29, 1.82) is 0 Å². The van der Waals surface area contributed by atoms with Crippen molar-refractivity contribution < 1.29 is 14.3 Å². The molecule has 0 radical (unpaired) electrons. The molecule has 3 heteroatoms. The van der Waals surface area contributed by atoms with Crippen molar-refractivity contribution in [3.8, 4) is 5.75 Å². The lowest BCUT2D eigenvalue weighted by atomic mass is 9.95. The van der Waals surface area contributed by atoms with Crippen LogP contribution in [0.3, 0.4) is 0 Å². The molecular formula is C17H18O3. The molecule has 2 aromatic carbocycles. The molecule has 3 nitrogen and oxygen atoms in total. The first kappa shape index (κ1) is 14.1. The molecule has 0 aliphatic heterocycles. The lowest BCUT2D eigenvalue weighted by Gasteiger charge is -2.28. The van der Waals surface area contributed by atoms with E-state index < -0.39 is 11.6 Å². The predicted molar refractivity (Wildman–Crippen MR) is 77.5 cm³/mol. The second-order valence-corrected chi connectivity index (χ2v) is 4.53. The molecule has 2 rings (SSSR count). The van der Waals surface area contributed by atoms with Gasteiger partial charge in [-0.3, -0.25) is 0 Å². The first-order valence-corrected chi connectivity index (χ1v) is 6.63. The second-order valence-electron chi connectivity index (χ2n) is 4.53. The zero-order valence-electron chi connectivity index (χ0n) is 11.7. The summed E-state index contributed by atoms with van der Waals surface area (Å²) in [4.78, 5) is 12.3. The Morgan fingerprint density at radius 3 is 2.10 bits per heavy atom. The highest BCUT2D eigenvalue weighted by Crippen LogP contribution is 2.29. The highest BCUT2D eigenvalue weighted by molar-refractivity contribution is 5.81. The van der Waals surface area contributed by atoms with E-state index in [4.69, 9.17) is 9.47 Å². The molecule has 0 amide bonds. The van der Waals surface area contributed by atoms with Crippen LogP contribution in [-0.4, -0.2) is 12.6 Å². The first-order chi connectivity index (χ1) is 9.66. The van der Waals surface area contributed by atoms with Gasteiger partial charge in [0.15, 0.2) is 0 Å². The standard InChI is InChI=1S/C17H18O3/c1-3-19-16(18)17(2,14-10-6-4-7-11-14)20-15-12-8-5-9-13-15/h4-13H,3H2,1-2H3. The number of esters is 1. The number of hydrogen-bond acceptors (Lipinski definition) is 3. The van der Waals surface area contributed by atoms with Crippen LogP contribution in [-0.2, 0) is 15.1 Å². The van der Waals surface area contributed by atoms with E-state index in [1.165, 1.54) is 0 Å². The average Bonchev–Trinajstić information content (AvgIpc) is 2.49. The largest absolute Gasteiger partial charge is 0.471 e. The van der Waals surface area contributed by atoms with Gasteiger partial charge in [0, 0.05) is 5.56 Å². The van der Waals surface area contributed by atoms with Crippen LogP contribution >= 0.6 is 0 Å². The van der Waals surface area contributed by atoms with Crippen molar-refractivity contribution in [2.45, 2.75) is 19.4 Å². The fraction of sp³-hybridized carbons (Fsp3) is 0.235. The third kappa shape index (κ3) is 2.99. The van der Waals surface area contributed by atoms with Crippen LogP contribution in [0.25, 0.3) is 0 Å². The summed E-state index contributed by atoms with van der Waals surface area (Å²) in [7, 11) is 0. The Morgan fingerprint density at radius 2 is 1.55 bits per heavy atom. The van der Waals surface area contributed by atoms with Gasteiger partial charge in [0.1, 0.15) is 5.75 Å². The Bertz CT molecular complexity index is 551. The van der Waals surface area contributed by atoms with Gasteiger partial charge in [-0.05, 0) is 26.0 Å². The number of carbonyl (C=O) groups excluding carboxylic acids is 1. The monoisotopic (exact) mass is 270 g/mol. The van der Waals surface area contributed by atoms with Crippen LogP contribution < -0.4 is 4.74 Å². The molecule has 0 saturated carbocycles. The third-order valence-corrected chi connectivity index (χ3v) is 3.05. The van der Waals surface area contributed by atoms with Gasteiger partial charge in [-0.1, -0.05) is 48.5 Å². The minimum atomic E-state index is -1.15. The molecule has 0 aromatic heterocycles. The maximum atomic E-state index is 12.3. The molecule has 0 fully saturated rings. The quantitative estimate of drug-likeness (QED) is 0.779. The number of ether oxygens (including phenoxy) is 2. The fourth-order valence-electron chi connectivity index (χ4n) is 1.97. The van der Waals surface area contributed by atoms with Crippen molar-refractivity contribution in [3.63, 3.8) is 0 Å². The Kier molecular flexibility index (Phi) is 4.41. The predicted octanol–water partition coefficient (Wildman–Crippen LogP) is 3.54. The Morgan fingerprint density at radius 1 is 1.00 bits per heavy atom. The van der Waals surface area contributed by atoms with E-state index in [1.807, 2.05) is 60.7 Å². The van der Waals surface area contributed by atoms with Crippen molar-refractivity contribution in [1.82, 2.24) is 0 Å². The molecule has 0 spiro atoms. The summed E-state index contributed by atoms with van der Waals surface area (Å²) in [6.45, 7) is 3.83. The zero-order chi connectivity index (χ0) is 14.4. The minimum Gasteiger partial charge on any atom is -0.471 e. The van der Waals surface area contributed by atoms with Gasteiger partial charge in [-0.15, -0.1) is 0 Å². The van der Waals surface area contributed by atoms with E-state index in [0.29, 0.717) is 12.4 Å². The molecule has 0 N–H and O–H groups in total. The Hall–Kier alpha value is -2.29. The van der Waals surface area contributed by atoms with Crippen LogP contribution in [0, 0.1) is 0 Å². The lowest BCUT2D eigenvalue weighted by molar-refractivity contribution is -0.161. The second kappa shape index (κ2) is 6.24. The van der Waals surface area contributed by atoms with E-state index in [9.17, 15) is 4.79 Å². The molecule has 1 unspecified atom stereocenters. The molecular weight excluding hydrogens is 252 g/mol. The summed E-state index contributed by atoms with van der Waals surface area (Å²) < 4.78 is 11.1. The molecule has 0 saturated heterocycles. The molecule has 0 aliphatic carbocycles. The average molecular weight is 270 g/mol. The summed E-state index contributed by atoms with van der Waals surface area (Å²) in [5, 5.41) is 0. The summed E-state index contributed by atoms with van der Waals surface area (Å²) in [5.74, 6) is 0.238. The van der Waals surface area contributed by atoms with Gasteiger partial charge < -0.3 is 9.47 Å². The fourth-order valence-corrected chi connectivity index (χ4v) is 1.97. The van der Waals surface area contributed by atoms with Gasteiger partial charge >= 0.3 is 5.97 Å². The lowest BCUT2D eigenvalue weighted by Crippen LogP contribution is -2.40. The van der Waals surface area contributed by atoms with Gasteiger partial charge in [0.25, 0.3) is 0 Å². The van der Waals surface area contributed by atoms with Gasteiger partial charge in [0.05, 0.1) is 6.61 Å². The van der Waals surface area contributed by atoms with Crippen molar-refractivity contribution in [2.75, 3.05) is 6.61 Å². The van der Waals surface area contributed by atoms with E-state index in [1.54, 1.807) is 13.8 Å². The van der Waals surface area contributed by atoms with E-state index in [-0.39, 0.29) is 0 Å². The Labute approximate surface area is 119 Å². The number of carbonyl (C=O) groups is 1. The van der Waals surface area contributed by atoms with E-state index in [0.717, 1.165) is 5.56 Å². The molecule has 0 heterocycles. The summed E-state index contributed by atoms with van der Waals surface area (Å²) >= 11 is 0. The van der Waals surface area contributed by atoms with Crippen LogP contribution in [0.2, 0.25) is 0 Å². The van der Waals surface area contributed by atoms with Crippen LogP contribution in [0.5, 0.6) is 5.75 Å². The summed E-state index contributed by atoms with van der Waals surface area (Å²) in [6, 6.07) is 18.6. The van der Waals surface area contributed by atoms with Crippen molar-refractivity contribution >= 4 is 5.97 Å². The van der Waals surface area contributed by atoms with Crippen LogP contribution in [0.4, 0.5) is 0 Å². The Balaban J connectivity index is 2.36. The minimum absolute atomic E-state index is 0.319. The smallest absolute Gasteiger partial charge is 0.354 e. The molecule has 104 valence electrons. The maximum Gasteiger partial charge on any atom is 0.354 e. The topological polar surface area (TPSA) is 35.5 Å². The van der Waals surface area contributed by atoms with Crippen molar-refractivity contribution in [2.24, 2.45) is 0 Å². The summed E-state index contributed by atoms with van der Waals surface area (Å²) in [5.41, 5.74) is -0.388. The molecule has 0 bridgehead atoms. The van der Waals surface area contributed by atoms with E-state index in [2.05, 4.69) is 0 Å². The van der Waals surface area contributed by atoms with E-state index >= 15 is 0 Å². The number of rotatable bonds is 5. The van der Waals surface area contributed by atoms with Crippen molar-refractivity contribution in [3.05, 3.63) is 66.2 Å². The highest BCUT2D eigenvalue weighted by atomic mass is 16.6. The highest BCUT2D eigenvalue weighted by Gasteiger charge is 2.39. The molecule has 20 heavy (non-hydrogen) atoms. The van der Waals surface area contributed by atoms with Gasteiger partial charge in [-0.2, -0.15) is 0 Å². The molecule has 1 atom stereocenters. The van der Waals surface area contributed by atoms with Crippen LogP contribution in [0.15, 0.2) is 60.7 Å². The third-order valence-electron chi connectivity index (χ3n) is 3.05. The van der Waals surface area contributed by atoms with Gasteiger partial charge in [-0.25, -0.2) is 4.79 Å². The normalized spacial score (nSPS) is 13.3.